The number of hydrogen-bond acceptors (Lipinski definition) is 20. The number of aliphatic carboxylic acids is 6. The van der Waals surface area contributed by atoms with Crippen LogP contribution in [0.15, 0.2) is 134 Å². The Kier molecular flexibility index (Phi) is 28.5. The Morgan fingerprint density at radius 3 is 1.32 bits per heavy atom. The van der Waals surface area contributed by atoms with E-state index in [1.807, 2.05) is 60.7 Å². The number of hydrogen-bond donors (Lipinski definition) is 9. The predicted octanol–water partition coefficient (Wildman–Crippen LogP) is 8.12. The van der Waals surface area contributed by atoms with Crippen LogP contribution >= 0.6 is 0 Å². The van der Waals surface area contributed by atoms with Gasteiger partial charge in [0, 0.05) is 150 Å². The molecule has 0 spiro atoms. The third-order valence-corrected chi connectivity index (χ3v) is 17.4. The number of amides is 1. The van der Waals surface area contributed by atoms with Gasteiger partial charge in [0.2, 0.25) is 5.91 Å². The van der Waals surface area contributed by atoms with E-state index in [-0.39, 0.29) is 12.5 Å². The molecule has 4 aliphatic rings. The van der Waals surface area contributed by atoms with E-state index in [0.717, 1.165) is 108 Å². The largest absolute Gasteiger partial charge is 0.495 e. The second kappa shape index (κ2) is 37.2. The molecule has 7 aromatic rings. The fraction of sp³-hybridized carbons (Fsp3) is 0.386. The first-order chi connectivity index (χ1) is 47.4. The third-order valence-electron chi connectivity index (χ3n) is 17.4. The molecule has 0 unspecified atom stereocenters. The van der Waals surface area contributed by atoms with Crippen LogP contribution in [-0.4, -0.2) is 219 Å². The van der Waals surface area contributed by atoms with Gasteiger partial charge in [0.1, 0.15) is 59.4 Å². The van der Waals surface area contributed by atoms with Crippen molar-refractivity contribution in [3.05, 3.63) is 134 Å². The number of fused-ring (bicyclic) bond motifs is 2. The highest BCUT2D eigenvalue weighted by Gasteiger charge is 2.33. The Hall–Kier alpha value is -10.6. The molecule has 0 radical (unpaired) electrons. The van der Waals surface area contributed by atoms with E-state index in [4.69, 9.17) is 61.3 Å². The monoisotopic (exact) mass is 1370 g/mol. The van der Waals surface area contributed by atoms with Crippen molar-refractivity contribution in [2.75, 3.05) is 97.0 Å². The number of piperazine rings is 2. The minimum atomic E-state index is -1.26. The number of methoxy groups -OCH3 is 2. The van der Waals surface area contributed by atoms with Crippen LogP contribution in [0.3, 0.4) is 0 Å². The molecule has 99 heavy (non-hydrogen) atoms. The van der Waals surface area contributed by atoms with E-state index in [1.54, 1.807) is 19.8 Å². The number of rotatable bonds is 19. The van der Waals surface area contributed by atoms with E-state index in [2.05, 4.69) is 94.4 Å². The summed E-state index contributed by atoms with van der Waals surface area (Å²) in [6.07, 6.45) is 20.3. The molecule has 1 amide bonds. The number of nitrogens with zero attached hydrogens (tertiary/aromatic N) is 10. The maximum Gasteiger partial charge on any atom is 0.328 e. The Morgan fingerprint density at radius 2 is 0.919 bits per heavy atom. The number of anilines is 3. The van der Waals surface area contributed by atoms with Gasteiger partial charge >= 0.3 is 35.8 Å². The zero-order valence-corrected chi connectivity index (χ0v) is 56.0. The summed E-state index contributed by atoms with van der Waals surface area (Å²) in [5.41, 5.74) is 19.3. The topological polar surface area (TPSA) is 407 Å². The zero-order chi connectivity index (χ0) is 71.7. The maximum atomic E-state index is 12.0. The number of nitrogen functional groups attached to an aromatic ring is 2. The minimum absolute atomic E-state index is 0.0245. The quantitative estimate of drug-likeness (QED) is 0.0345. The number of ether oxygens (including phenoxy) is 3. The molecule has 4 aromatic heterocycles. The average Bonchev–Trinajstić information content (AvgIpc) is 1.62. The summed E-state index contributed by atoms with van der Waals surface area (Å²) in [5, 5.41) is 51.5. The first-order valence-corrected chi connectivity index (χ1v) is 32.3. The van der Waals surface area contributed by atoms with Crippen molar-refractivity contribution in [2.45, 2.75) is 95.4 Å². The van der Waals surface area contributed by atoms with Crippen molar-refractivity contribution < 1.29 is 78.4 Å². The van der Waals surface area contributed by atoms with Crippen molar-refractivity contribution in [3.8, 4) is 39.5 Å². The molecule has 2 aliphatic carbocycles. The summed E-state index contributed by atoms with van der Waals surface area (Å²) in [6.45, 7) is 14.0. The van der Waals surface area contributed by atoms with Gasteiger partial charge in [-0.25, -0.2) is 48.7 Å². The van der Waals surface area contributed by atoms with Crippen LogP contribution < -0.4 is 26.3 Å². The van der Waals surface area contributed by atoms with E-state index >= 15 is 0 Å². The second-order valence-electron chi connectivity index (χ2n) is 24.1. The van der Waals surface area contributed by atoms with Gasteiger partial charge in [0.25, 0.3) is 0 Å². The van der Waals surface area contributed by atoms with Gasteiger partial charge < -0.3 is 75.7 Å². The van der Waals surface area contributed by atoms with Crippen molar-refractivity contribution >= 4 is 81.1 Å². The van der Waals surface area contributed by atoms with Gasteiger partial charge in [-0.2, -0.15) is 0 Å². The molecule has 0 bridgehead atoms. The Balaban J connectivity index is 0.000000210. The van der Waals surface area contributed by atoms with Gasteiger partial charge in [-0.3, -0.25) is 19.5 Å². The number of carbonyl (C=O) groups excluding carboxylic acids is 1. The second-order valence-corrected chi connectivity index (χ2v) is 24.1. The van der Waals surface area contributed by atoms with Gasteiger partial charge in [0.15, 0.2) is 0 Å². The average molecular weight is 1370 g/mol. The Labute approximate surface area is 572 Å². The molecule has 0 atom stereocenters. The molecule has 6 heterocycles. The summed E-state index contributed by atoms with van der Waals surface area (Å²) in [4.78, 5) is 97.8. The predicted molar refractivity (Wildman–Crippen MR) is 371 cm³/mol. The minimum Gasteiger partial charge on any atom is -0.495 e. The number of carboxylic acid groups (broad SMARTS) is 6. The number of carboxylic acids is 6. The number of nitrogens with two attached hydrogens (primary N) is 2. The maximum absolute atomic E-state index is 12.0. The summed E-state index contributed by atoms with van der Waals surface area (Å²) >= 11 is 0. The van der Waals surface area contributed by atoms with Crippen LogP contribution in [0.25, 0.3) is 44.3 Å². The summed E-state index contributed by atoms with van der Waals surface area (Å²) in [5.74, 6) is -4.60. The lowest BCUT2D eigenvalue weighted by Gasteiger charge is -2.43. The number of aromatic nitrogens is 6. The van der Waals surface area contributed by atoms with Crippen LogP contribution in [-0.2, 0) is 38.3 Å². The highest BCUT2D eigenvalue weighted by atomic mass is 16.5. The zero-order valence-electron chi connectivity index (χ0n) is 56.0. The molecule has 3 aromatic carbocycles. The van der Waals surface area contributed by atoms with E-state index in [9.17, 15) is 33.6 Å². The summed E-state index contributed by atoms with van der Waals surface area (Å²) in [7, 11) is 5.28. The highest BCUT2D eigenvalue weighted by molar-refractivity contribution is 6.02. The van der Waals surface area contributed by atoms with Crippen molar-refractivity contribution in [1.82, 2.24) is 48.7 Å². The first kappa shape index (κ1) is 75.8. The Morgan fingerprint density at radius 1 is 0.525 bits per heavy atom. The number of likely N-dealkylation sites (N-methyl/N-ethyl adjacent to an activating group) is 1. The smallest absolute Gasteiger partial charge is 0.328 e. The van der Waals surface area contributed by atoms with E-state index < -0.39 is 35.8 Å². The normalized spacial score (nSPS) is 18.4. The Bertz CT molecular complexity index is 3830. The molecule has 29 heteroatoms. The molecule has 2 saturated carbocycles. The SMILES string of the molecule is CC(C)N1CCN(C2CCC(n3cc(-c4ccc(Oc5ccccc5)cc4)c4c(N)ncnc43)CC2)CC1.COCC(=O)Nc1ccc(-c2cn(C3CCC(N4CCN(C)CC4)CC3)c3ncnc(N)c23)cc1OC.O=C(O)/C=C\C(=O)O.O=C(O)/C=C\C(=O)O.O=C(O)/C=C\C(=O)O. The van der Waals surface area contributed by atoms with Crippen molar-refractivity contribution in [1.29, 1.82) is 0 Å². The van der Waals surface area contributed by atoms with Gasteiger partial charge in [-0.15, -0.1) is 0 Å². The van der Waals surface area contributed by atoms with E-state index in [0.29, 0.717) is 89.7 Å². The highest BCUT2D eigenvalue weighted by Crippen LogP contribution is 2.42. The fourth-order valence-electron chi connectivity index (χ4n) is 12.5. The molecular formula is C70H87N13O16. The fourth-order valence-corrected chi connectivity index (χ4v) is 12.5. The van der Waals surface area contributed by atoms with Crippen LogP contribution in [0.1, 0.15) is 77.3 Å². The first-order valence-electron chi connectivity index (χ1n) is 32.3. The van der Waals surface area contributed by atoms with Gasteiger partial charge in [-0.05, 0) is 120 Å². The van der Waals surface area contributed by atoms with Crippen LogP contribution in [0.5, 0.6) is 17.2 Å². The molecule has 4 fully saturated rings. The number of benzene rings is 3. The lowest BCUT2D eigenvalue weighted by Crippen LogP contribution is -2.52. The summed E-state index contributed by atoms with van der Waals surface area (Å²) < 4.78 is 21.2. The molecule has 2 aliphatic heterocycles. The molecular weight excluding hydrogens is 1280 g/mol. The number of para-hydroxylation sites is 1. The van der Waals surface area contributed by atoms with Crippen molar-refractivity contribution in [2.24, 2.45) is 0 Å². The van der Waals surface area contributed by atoms with Crippen molar-refractivity contribution in [3.63, 3.8) is 0 Å². The third kappa shape index (κ3) is 22.5. The lowest BCUT2D eigenvalue weighted by atomic mass is 9.89. The summed E-state index contributed by atoms with van der Waals surface area (Å²) in [6, 6.07) is 26.6. The van der Waals surface area contributed by atoms with Crippen LogP contribution in [0.4, 0.5) is 17.3 Å². The standard InChI is InChI=1S/C31H38N6O.C27H37N7O3.3C4H4O4/c1-22(2)35-16-18-36(19-17-35)24-10-12-25(13-11-24)37-20-28(29-30(32)33-21-34-31(29)37)23-8-14-27(15-9-23)38-26-6-4-3-5-7-26;1-32-10-12-33(13-11-32)19-5-7-20(8-6-19)34-15-21(25-26(28)29-17-30-27(25)34)18-4-9-22(23(14-18)37-3)31-24(35)16-36-2;3*5-3(6)1-2-4(7)8/h3-9,14-15,20-22,24-25H,10-13,16-19H2,1-2H3,(H2,32,33,34);4,9,14-15,17,19-20H,5-8,10-13,16H2,1-3H3,(H,31,35)(H2,28,29,30);3*1-2H,(H,5,6)(H,7,8)/b;;3*2-1-. The number of nitrogens with one attached hydrogen (secondary N) is 1. The molecule has 2 saturated heterocycles. The number of carbonyl (C=O) groups is 7. The lowest BCUT2D eigenvalue weighted by molar-refractivity contribution is -0.134. The molecule has 29 nitrogen and oxygen atoms in total. The van der Waals surface area contributed by atoms with Crippen LogP contribution in [0.2, 0.25) is 0 Å². The molecule has 11 N–H and O–H groups in total. The van der Waals surface area contributed by atoms with E-state index in [1.165, 1.54) is 59.0 Å². The van der Waals surface area contributed by atoms with Gasteiger partial charge in [-0.1, -0.05) is 36.4 Å². The molecule has 528 valence electrons. The molecule has 11 rings (SSSR count). The van der Waals surface area contributed by atoms with Crippen LogP contribution in [0, 0.1) is 0 Å². The van der Waals surface area contributed by atoms with Gasteiger partial charge in [0.05, 0.1) is 23.6 Å².